The third kappa shape index (κ3) is 3.89. The summed E-state index contributed by atoms with van der Waals surface area (Å²) < 4.78 is 32.9. The molecule has 1 aromatic carbocycles. The predicted octanol–water partition coefficient (Wildman–Crippen LogP) is 2.11. The molecule has 2 unspecified atom stereocenters. The summed E-state index contributed by atoms with van der Waals surface area (Å²) in [5.41, 5.74) is 0.314. The van der Waals surface area contributed by atoms with E-state index < -0.39 is 10.0 Å². The van der Waals surface area contributed by atoms with Gasteiger partial charge in [0.05, 0.1) is 7.11 Å². The molecule has 1 fully saturated rings. The van der Waals surface area contributed by atoms with Crippen molar-refractivity contribution in [1.29, 1.82) is 0 Å². The standard InChI is InChI=1S/C17H26N2O4S/c1-5-18-17(20)14-6-7-15(23-4)16(9-14)24(21,22)19-10-12(2)8-13(3)11-19/h6-7,9,12-13H,5,8,10-11H2,1-4H3,(H,18,20). The molecule has 1 amide bonds. The van der Waals surface area contributed by atoms with Crippen LogP contribution in [0.25, 0.3) is 0 Å². The molecule has 0 saturated carbocycles. The van der Waals surface area contributed by atoms with E-state index in [1.165, 1.54) is 23.5 Å². The Morgan fingerprint density at radius 2 is 1.92 bits per heavy atom. The Morgan fingerprint density at radius 3 is 2.46 bits per heavy atom. The number of rotatable bonds is 5. The topological polar surface area (TPSA) is 75.7 Å². The van der Waals surface area contributed by atoms with E-state index in [1.54, 1.807) is 6.07 Å². The van der Waals surface area contributed by atoms with E-state index >= 15 is 0 Å². The third-order valence-corrected chi connectivity index (χ3v) is 6.07. The van der Waals surface area contributed by atoms with Crippen LogP contribution in [0.15, 0.2) is 23.1 Å². The number of piperidine rings is 1. The molecule has 24 heavy (non-hydrogen) atoms. The summed E-state index contributed by atoms with van der Waals surface area (Å²) in [6, 6.07) is 4.52. The molecule has 1 heterocycles. The second-order valence-corrected chi connectivity index (χ2v) is 8.40. The van der Waals surface area contributed by atoms with Crippen LogP contribution in [0, 0.1) is 11.8 Å². The number of nitrogens with one attached hydrogen (secondary N) is 1. The minimum atomic E-state index is -3.71. The normalized spacial score (nSPS) is 22.2. The fourth-order valence-corrected chi connectivity index (χ4v) is 5.08. The van der Waals surface area contributed by atoms with Gasteiger partial charge in [0.1, 0.15) is 10.6 Å². The van der Waals surface area contributed by atoms with Gasteiger partial charge in [-0.3, -0.25) is 4.79 Å². The molecule has 2 atom stereocenters. The largest absolute Gasteiger partial charge is 0.495 e. The van der Waals surface area contributed by atoms with Crippen LogP contribution in [-0.2, 0) is 10.0 Å². The van der Waals surface area contributed by atoms with Crippen LogP contribution in [0.5, 0.6) is 5.75 Å². The average molecular weight is 354 g/mol. The zero-order valence-electron chi connectivity index (χ0n) is 14.7. The highest BCUT2D eigenvalue weighted by Gasteiger charge is 2.34. The number of benzene rings is 1. The molecule has 0 radical (unpaired) electrons. The number of hydrogen-bond acceptors (Lipinski definition) is 4. The molecule has 0 aromatic heterocycles. The summed E-state index contributed by atoms with van der Waals surface area (Å²) in [7, 11) is -2.28. The Morgan fingerprint density at radius 1 is 1.29 bits per heavy atom. The molecule has 1 aliphatic heterocycles. The highest BCUT2D eigenvalue weighted by molar-refractivity contribution is 7.89. The van der Waals surface area contributed by atoms with Crippen LogP contribution < -0.4 is 10.1 Å². The lowest BCUT2D eigenvalue weighted by Gasteiger charge is -2.34. The first-order chi connectivity index (χ1) is 11.3. The van der Waals surface area contributed by atoms with Gasteiger partial charge in [-0.05, 0) is 43.4 Å². The van der Waals surface area contributed by atoms with Crippen molar-refractivity contribution >= 4 is 15.9 Å². The Bertz CT molecular complexity index is 693. The molecule has 7 heteroatoms. The predicted molar refractivity (Wildman–Crippen MR) is 92.7 cm³/mol. The lowest BCUT2D eigenvalue weighted by Crippen LogP contribution is -2.42. The van der Waals surface area contributed by atoms with Gasteiger partial charge in [-0.25, -0.2) is 8.42 Å². The van der Waals surface area contributed by atoms with Crippen LogP contribution in [0.2, 0.25) is 0 Å². The van der Waals surface area contributed by atoms with Gasteiger partial charge in [0.15, 0.2) is 0 Å². The lowest BCUT2D eigenvalue weighted by atomic mass is 9.94. The Hall–Kier alpha value is -1.60. The highest BCUT2D eigenvalue weighted by Crippen LogP contribution is 2.32. The summed E-state index contributed by atoms with van der Waals surface area (Å²) in [5.74, 6) is 0.577. The van der Waals surface area contributed by atoms with E-state index in [0.717, 1.165) is 6.42 Å². The summed E-state index contributed by atoms with van der Waals surface area (Å²) in [6.07, 6.45) is 1.02. The summed E-state index contributed by atoms with van der Waals surface area (Å²) in [4.78, 5) is 12.1. The third-order valence-electron chi connectivity index (χ3n) is 4.22. The Labute approximate surface area is 144 Å². The monoisotopic (exact) mass is 354 g/mol. The Balaban J connectivity index is 2.44. The quantitative estimate of drug-likeness (QED) is 0.879. The minimum Gasteiger partial charge on any atom is -0.495 e. The minimum absolute atomic E-state index is 0.0510. The second-order valence-electron chi connectivity index (χ2n) is 6.49. The molecule has 1 N–H and O–H groups in total. The number of carbonyl (C=O) groups is 1. The molecule has 0 aliphatic carbocycles. The van der Waals surface area contributed by atoms with Gasteiger partial charge in [0, 0.05) is 25.2 Å². The molecular formula is C17H26N2O4S. The lowest BCUT2D eigenvalue weighted by molar-refractivity contribution is 0.0955. The maximum atomic E-state index is 13.1. The fraction of sp³-hybridized carbons (Fsp3) is 0.588. The van der Waals surface area contributed by atoms with E-state index in [2.05, 4.69) is 19.2 Å². The van der Waals surface area contributed by atoms with E-state index in [9.17, 15) is 13.2 Å². The van der Waals surface area contributed by atoms with Crippen LogP contribution >= 0.6 is 0 Å². The number of methoxy groups -OCH3 is 1. The Kier molecular flexibility index (Phi) is 5.87. The number of ether oxygens (including phenoxy) is 1. The zero-order chi connectivity index (χ0) is 17.9. The van der Waals surface area contributed by atoms with E-state index in [-0.39, 0.29) is 16.6 Å². The number of hydrogen-bond donors (Lipinski definition) is 1. The molecular weight excluding hydrogens is 328 g/mol. The van der Waals surface area contributed by atoms with Crippen molar-refractivity contribution in [2.24, 2.45) is 11.8 Å². The molecule has 0 spiro atoms. The first kappa shape index (κ1) is 18.7. The SMILES string of the molecule is CCNC(=O)c1ccc(OC)c(S(=O)(=O)N2CC(C)CC(C)C2)c1. The van der Waals surface area contributed by atoms with Crippen molar-refractivity contribution in [2.45, 2.75) is 32.1 Å². The van der Waals surface area contributed by atoms with Crippen molar-refractivity contribution in [3.8, 4) is 5.75 Å². The number of carbonyl (C=O) groups excluding carboxylic acids is 1. The molecule has 1 aliphatic rings. The molecule has 0 bridgehead atoms. The molecule has 134 valence electrons. The molecule has 6 nitrogen and oxygen atoms in total. The first-order valence-corrected chi connectivity index (χ1v) is 9.70. The zero-order valence-corrected chi connectivity index (χ0v) is 15.5. The highest BCUT2D eigenvalue weighted by atomic mass is 32.2. The number of nitrogens with zero attached hydrogens (tertiary/aromatic N) is 1. The first-order valence-electron chi connectivity index (χ1n) is 8.26. The van der Waals surface area contributed by atoms with Gasteiger partial charge in [-0.15, -0.1) is 0 Å². The second kappa shape index (κ2) is 7.53. The summed E-state index contributed by atoms with van der Waals surface area (Å²) >= 11 is 0. The van der Waals surface area contributed by atoms with Gasteiger partial charge in [-0.1, -0.05) is 13.8 Å². The fourth-order valence-electron chi connectivity index (χ4n) is 3.22. The average Bonchev–Trinajstić information content (AvgIpc) is 2.53. The number of amides is 1. The van der Waals surface area contributed by atoms with E-state index in [1.807, 2.05) is 6.92 Å². The summed E-state index contributed by atoms with van der Waals surface area (Å²) in [6.45, 7) is 7.38. The van der Waals surface area contributed by atoms with Gasteiger partial charge in [0.25, 0.3) is 5.91 Å². The van der Waals surface area contributed by atoms with E-state index in [0.29, 0.717) is 37.0 Å². The smallest absolute Gasteiger partial charge is 0.251 e. The van der Waals surface area contributed by atoms with Crippen LogP contribution in [0.3, 0.4) is 0 Å². The van der Waals surface area contributed by atoms with Crippen LogP contribution in [-0.4, -0.2) is 45.4 Å². The van der Waals surface area contributed by atoms with Gasteiger partial charge < -0.3 is 10.1 Å². The summed E-state index contributed by atoms with van der Waals surface area (Å²) in [5, 5.41) is 2.68. The molecule has 1 aromatic rings. The molecule has 1 saturated heterocycles. The maximum Gasteiger partial charge on any atom is 0.251 e. The van der Waals surface area contributed by atoms with Crippen molar-refractivity contribution in [1.82, 2.24) is 9.62 Å². The van der Waals surface area contributed by atoms with Crippen molar-refractivity contribution in [3.05, 3.63) is 23.8 Å². The maximum absolute atomic E-state index is 13.1. The molecule has 2 rings (SSSR count). The van der Waals surface area contributed by atoms with Crippen molar-refractivity contribution in [2.75, 3.05) is 26.7 Å². The van der Waals surface area contributed by atoms with Crippen molar-refractivity contribution < 1.29 is 17.9 Å². The number of sulfonamides is 1. The van der Waals surface area contributed by atoms with Crippen LogP contribution in [0.4, 0.5) is 0 Å². The van der Waals surface area contributed by atoms with Gasteiger partial charge in [0.2, 0.25) is 10.0 Å². The van der Waals surface area contributed by atoms with Gasteiger partial charge in [-0.2, -0.15) is 4.31 Å². The van der Waals surface area contributed by atoms with Gasteiger partial charge >= 0.3 is 0 Å². The van der Waals surface area contributed by atoms with Crippen molar-refractivity contribution in [3.63, 3.8) is 0 Å². The van der Waals surface area contributed by atoms with E-state index in [4.69, 9.17) is 4.74 Å². The van der Waals surface area contributed by atoms with Crippen LogP contribution in [0.1, 0.15) is 37.6 Å².